The molecule has 8 nitrogen and oxygen atoms in total. The van der Waals surface area contributed by atoms with Crippen molar-refractivity contribution in [2.24, 2.45) is 0 Å². The van der Waals surface area contributed by atoms with Crippen LogP contribution in [0.2, 0.25) is 0 Å². The molecule has 3 N–H and O–H groups in total. The number of morpholine rings is 1. The van der Waals surface area contributed by atoms with Crippen LogP contribution in [0, 0.1) is 0 Å². The molecule has 3 rings (SSSR count). The number of aromatic nitrogens is 1. The van der Waals surface area contributed by atoms with Gasteiger partial charge in [-0.1, -0.05) is 18.2 Å². The molecule has 140 valence electrons. The van der Waals surface area contributed by atoms with Gasteiger partial charge < -0.3 is 30.0 Å². The van der Waals surface area contributed by atoms with Gasteiger partial charge >= 0.3 is 12.1 Å². The van der Waals surface area contributed by atoms with Crippen molar-refractivity contribution in [3.05, 3.63) is 36.0 Å². The number of nitrogens with one attached hydrogen (secondary N) is 3. The molecule has 1 atom stereocenters. The third kappa shape index (κ3) is 4.45. The lowest BCUT2D eigenvalue weighted by Crippen LogP contribution is -2.55. The molecule has 1 aliphatic heterocycles. The van der Waals surface area contributed by atoms with Crippen LogP contribution < -0.4 is 10.6 Å². The summed E-state index contributed by atoms with van der Waals surface area (Å²) in [6.07, 6.45) is 1.20. The lowest BCUT2D eigenvalue weighted by Gasteiger charge is -2.29. The highest BCUT2D eigenvalue weighted by atomic mass is 16.5. The highest BCUT2D eigenvalue weighted by Crippen LogP contribution is 2.18. The summed E-state index contributed by atoms with van der Waals surface area (Å²) in [7, 11) is 0. The highest BCUT2D eigenvalue weighted by Gasteiger charge is 2.22. The Balaban J connectivity index is 1.71. The van der Waals surface area contributed by atoms with Gasteiger partial charge in [-0.15, -0.1) is 0 Å². The van der Waals surface area contributed by atoms with Crippen LogP contribution in [0.1, 0.15) is 12.5 Å². The molecule has 1 aliphatic rings. The maximum atomic E-state index is 12.5. The maximum Gasteiger partial charge on any atom is 0.408 e. The Bertz CT molecular complexity index is 754. The van der Waals surface area contributed by atoms with Crippen molar-refractivity contribution in [2.45, 2.75) is 19.5 Å². The molecule has 2 aromatic rings. The summed E-state index contributed by atoms with van der Waals surface area (Å²) in [6, 6.07) is 7.68. The zero-order valence-electron chi connectivity index (χ0n) is 14.8. The molecular formula is C18H24N4O4. The summed E-state index contributed by atoms with van der Waals surface area (Å²) in [5.74, 6) is 0. The number of urea groups is 1. The minimum Gasteiger partial charge on any atom is -0.450 e. The van der Waals surface area contributed by atoms with Crippen LogP contribution in [0.25, 0.3) is 10.9 Å². The van der Waals surface area contributed by atoms with E-state index in [1.165, 1.54) is 0 Å². The van der Waals surface area contributed by atoms with E-state index >= 15 is 0 Å². The van der Waals surface area contributed by atoms with Gasteiger partial charge in [-0.05, 0) is 18.6 Å². The molecule has 0 aliphatic carbocycles. The second kappa shape index (κ2) is 8.57. The molecule has 0 radical (unpaired) electrons. The number of hydrogen-bond acceptors (Lipinski definition) is 4. The predicted molar refractivity (Wildman–Crippen MR) is 96.9 cm³/mol. The molecular weight excluding hydrogens is 336 g/mol. The van der Waals surface area contributed by atoms with E-state index in [-0.39, 0.29) is 12.6 Å². The minimum atomic E-state index is -0.580. The van der Waals surface area contributed by atoms with E-state index in [1.807, 2.05) is 30.5 Å². The summed E-state index contributed by atoms with van der Waals surface area (Å²) >= 11 is 0. The molecule has 2 heterocycles. The average molecular weight is 360 g/mol. The van der Waals surface area contributed by atoms with Crippen molar-refractivity contribution in [3.63, 3.8) is 0 Å². The topological polar surface area (TPSA) is 95.7 Å². The summed E-state index contributed by atoms with van der Waals surface area (Å²) in [4.78, 5) is 29.3. The second-order valence-electron chi connectivity index (χ2n) is 6.03. The van der Waals surface area contributed by atoms with Crippen LogP contribution in [0.4, 0.5) is 9.59 Å². The van der Waals surface area contributed by atoms with Gasteiger partial charge in [-0.2, -0.15) is 0 Å². The number of alkyl carbamates (subject to hydrolysis) is 1. The largest absolute Gasteiger partial charge is 0.450 e. The predicted octanol–water partition coefficient (Wildman–Crippen LogP) is 1.82. The van der Waals surface area contributed by atoms with Gasteiger partial charge in [-0.25, -0.2) is 9.59 Å². The van der Waals surface area contributed by atoms with Crippen molar-refractivity contribution in [1.29, 1.82) is 0 Å². The first kappa shape index (κ1) is 18.1. The first-order chi connectivity index (χ1) is 12.7. The molecule has 0 unspecified atom stereocenters. The average Bonchev–Trinajstić information content (AvgIpc) is 3.05. The Kier molecular flexibility index (Phi) is 5.96. The zero-order chi connectivity index (χ0) is 18.4. The molecule has 0 spiro atoms. The van der Waals surface area contributed by atoms with Crippen molar-refractivity contribution in [2.75, 3.05) is 32.9 Å². The van der Waals surface area contributed by atoms with E-state index in [2.05, 4.69) is 15.6 Å². The number of carbonyl (C=O) groups excluding carboxylic acids is 2. The Labute approximate surface area is 151 Å². The van der Waals surface area contributed by atoms with Gasteiger partial charge in [0, 0.05) is 36.6 Å². The van der Waals surface area contributed by atoms with Gasteiger partial charge in [0.1, 0.15) is 6.17 Å². The number of rotatable bonds is 5. The van der Waals surface area contributed by atoms with Crippen LogP contribution in [-0.2, 0) is 15.9 Å². The van der Waals surface area contributed by atoms with Crippen LogP contribution in [0.3, 0.4) is 0 Å². The normalized spacial score (nSPS) is 15.5. The van der Waals surface area contributed by atoms with Gasteiger partial charge in [0.15, 0.2) is 0 Å². The van der Waals surface area contributed by atoms with Gasteiger partial charge in [0.25, 0.3) is 0 Å². The first-order valence-corrected chi connectivity index (χ1v) is 8.79. The summed E-state index contributed by atoms with van der Waals surface area (Å²) in [5.41, 5.74) is 2.02. The van der Waals surface area contributed by atoms with E-state index in [0.29, 0.717) is 32.7 Å². The SMILES string of the molecule is CCOC(=O)N[C@@H](Cc1c[nH]c2ccccc12)NC(=O)N1CCOCC1. The van der Waals surface area contributed by atoms with E-state index in [1.54, 1.807) is 11.8 Å². The Morgan fingerprint density at radius 3 is 2.81 bits per heavy atom. The summed E-state index contributed by atoms with van der Waals surface area (Å²) < 4.78 is 10.2. The van der Waals surface area contributed by atoms with Gasteiger partial charge in [-0.3, -0.25) is 0 Å². The smallest absolute Gasteiger partial charge is 0.408 e. The number of H-pyrrole nitrogens is 1. The molecule has 0 saturated carbocycles. The minimum absolute atomic E-state index is 0.227. The van der Waals surface area contributed by atoms with Crippen LogP contribution in [0.5, 0.6) is 0 Å². The van der Waals surface area contributed by atoms with Gasteiger partial charge in [0.2, 0.25) is 0 Å². The van der Waals surface area contributed by atoms with Gasteiger partial charge in [0.05, 0.1) is 19.8 Å². The third-order valence-corrected chi connectivity index (χ3v) is 4.26. The number of nitrogens with zero attached hydrogens (tertiary/aromatic N) is 1. The number of aromatic amines is 1. The number of amides is 3. The van der Waals surface area contributed by atoms with E-state index in [0.717, 1.165) is 16.5 Å². The highest BCUT2D eigenvalue weighted by molar-refractivity contribution is 5.83. The standard InChI is InChI=1S/C18H24N4O4/c1-2-26-18(24)21-16(20-17(23)22-7-9-25-10-8-22)11-13-12-19-15-6-4-3-5-14(13)15/h3-6,12,16,19H,2,7-11H2,1H3,(H,20,23)(H,21,24)/t16-/m0/s1. The molecule has 26 heavy (non-hydrogen) atoms. The quantitative estimate of drug-likeness (QED) is 0.709. The third-order valence-electron chi connectivity index (χ3n) is 4.26. The number of fused-ring (bicyclic) bond motifs is 1. The lowest BCUT2D eigenvalue weighted by molar-refractivity contribution is 0.0521. The van der Waals surface area contributed by atoms with Crippen LogP contribution >= 0.6 is 0 Å². The number of hydrogen-bond donors (Lipinski definition) is 3. The second-order valence-corrected chi connectivity index (χ2v) is 6.03. The van der Waals surface area contributed by atoms with Crippen LogP contribution in [0.15, 0.2) is 30.5 Å². The van der Waals surface area contributed by atoms with Crippen molar-refractivity contribution in [3.8, 4) is 0 Å². The molecule has 0 bridgehead atoms. The molecule has 1 saturated heterocycles. The summed E-state index contributed by atoms with van der Waals surface area (Å²) in [5, 5.41) is 6.67. The summed E-state index contributed by atoms with van der Waals surface area (Å²) in [6.45, 7) is 4.11. The molecule has 8 heteroatoms. The van der Waals surface area contributed by atoms with Crippen molar-refractivity contribution in [1.82, 2.24) is 20.5 Å². The van der Waals surface area contributed by atoms with E-state index < -0.39 is 12.3 Å². The zero-order valence-corrected chi connectivity index (χ0v) is 14.8. The number of benzene rings is 1. The Morgan fingerprint density at radius 2 is 2.04 bits per heavy atom. The lowest BCUT2D eigenvalue weighted by atomic mass is 10.1. The molecule has 3 amide bonds. The monoisotopic (exact) mass is 360 g/mol. The Hall–Kier alpha value is -2.74. The Morgan fingerprint density at radius 1 is 1.27 bits per heavy atom. The van der Waals surface area contributed by atoms with E-state index in [9.17, 15) is 9.59 Å². The van der Waals surface area contributed by atoms with Crippen LogP contribution in [-0.4, -0.2) is 61.1 Å². The van der Waals surface area contributed by atoms with Crippen molar-refractivity contribution < 1.29 is 19.1 Å². The fourth-order valence-corrected chi connectivity index (χ4v) is 2.98. The molecule has 1 aromatic carbocycles. The first-order valence-electron chi connectivity index (χ1n) is 8.79. The molecule has 1 aromatic heterocycles. The number of ether oxygens (including phenoxy) is 2. The van der Waals surface area contributed by atoms with Crippen molar-refractivity contribution >= 4 is 23.0 Å². The maximum absolute atomic E-state index is 12.5. The number of carbonyl (C=O) groups is 2. The van der Waals surface area contributed by atoms with E-state index in [4.69, 9.17) is 9.47 Å². The molecule has 1 fully saturated rings. The fourth-order valence-electron chi connectivity index (χ4n) is 2.98. The number of para-hydroxylation sites is 1. The fraction of sp³-hybridized carbons (Fsp3) is 0.444.